The molecule has 3 N–H and O–H groups in total. The number of thiocarbonyl (C=S) groups is 1. The van der Waals surface area contributed by atoms with Crippen molar-refractivity contribution in [1.29, 1.82) is 0 Å². The maximum absolute atomic E-state index is 12.8. The summed E-state index contributed by atoms with van der Waals surface area (Å²) >= 11 is 8.38. The standard InChI is InChI=1S/C21H15BrF3N3O3S2/c22-15-5-1-3-13(11-15)19(29)27-20(32)26-16-7-9-18(10-8-16)33(30,31)28-17-6-2-4-14(12-17)21(23,24)25/h1-12,28H,(H2,26,27,29,32). The summed E-state index contributed by atoms with van der Waals surface area (Å²) in [7, 11) is -4.13. The highest BCUT2D eigenvalue weighted by Crippen LogP contribution is 2.31. The third-order valence-electron chi connectivity index (χ3n) is 4.18. The minimum atomic E-state index is -4.60. The average molecular weight is 558 g/mol. The Balaban J connectivity index is 1.65. The Kier molecular flexibility index (Phi) is 7.40. The molecule has 0 unspecified atom stereocenters. The van der Waals surface area contributed by atoms with Crippen LogP contribution < -0.4 is 15.4 Å². The van der Waals surface area contributed by atoms with E-state index in [-0.39, 0.29) is 15.7 Å². The van der Waals surface area contributed by atoms with Crippen molar-refractivity contribution in [3.63, 3.8) is 0 Å². The van der Waals surface area contributed by atoms with Gasteiger partial charge in [-0.2, -0.15) is 13.2 Å². The lowest BCUT2D eigenvalue weighted by molar-refractivity contribution is -0.137. The molecule has 0 heterocycles. The summed E-state index contributed by atoms with van der Waals surface area (Å²) in [6.07, 6.45) is -4.60. The van der Waals surface area contributed by atoms with Crippen molar-refractivity contribution >= 4 is 60.6 Å². The quantitative estimate of drug-likeness (QED) is 0.366. The summed E-state index contributed by atoms with van der Waals surface area (Å²) in [6, 6.07) is 15.9. The van der Waals surface area contributed by atoms with Crippen molar-refractivity contribution in [3.05, 3.63) is 88.4 Å². The van der Waals surface area contributed by atoms with Gasteiger partial charge >= 0.3 is 6.18 Å². The maximum atomic E-state index is 12.8. The normalized spacial score (nSPS) is 11.5. The Labute approximate surface area is 201 Å². The predicted molar refractivity (Wildman–Crippen MR) is 127 cm³/mol. The third-order valence-corrected chi connectivity index (χ3v) is 6.27. The second-order valence-electron chi connectivity index (χ2n) is 6.63. The highest BCUT2D eigenvalue weighted by Gasteiger charge is 2.30. The molecule has 3 rings (SSSR count). The lowest BCUT2D eigenvalue weighted by atomic mass is 10.2. The Morgan fingerprint density at radius 3 is 2.21 bits per heavy atom. The van der Waals surface area contributed by atoms with Gasteiger partial charge in [0.05, 0.1) is 10.5 Å². The monoisotopic (exact) mass is 557 g/mol. The first kappa shape index (κ1) is 24.7. The van der Waals surface area contributed by atoms with Crippen molar-refractivity contribution in [1.82, 2.24) is 5.32 Å². The molecule has 0 atom stereocenters. The van der Waals surface area contributed by atoms with E-state index in [2.05, 4.69) is 31.3 Å². The second kappa shape index (κ2) is 9.89. The van der Waals surface area contributed by atoms with E-state index >= 15 is 0 Å². The molecule has 0 spiro atoms. The Morgan fingerprint density at radius 1 is 0.909 bits per heavy atom. The predicted octanol–water partition coefficient (Wildman–Crippen LogP) is 5.40. The highest BCUT2D eigenvalue weighted by molar-refractivity contribution is 9.10. The van der Waals surface area contributed by atoms with Gasteiger partial charge < -0.3 is 5.32 Å². The topological polar surface area (TPSA) is 87.3 Å². The average Bonchev–Trinajstić information content (AvgIpc) is 2.73. The van der Waals surface area contributed by atoms with Gasteiger partial charge in [0.25, 0.3) is 15.9 Å². The number of hydrogen-bond donors (Lipinski definition) is 3. The molecule has 33 heavy (non-hydrogen) atoms. The minimum absolute atomic E-state index is 0.00215. The van der Waals surface area contributed by atoms with Crippen molar-refractivity contribution in [2.45, 2.75) is 11.1 Å². The summed E-state index contributed by atoms with van der Waals surface area (Å²) in [5.74, 6) is -0.432. The molecule has 3 aromatic carbocycles. The van der Waals surface area contributed by atoms with Crippen LogP contribution >= 0.6 is 28.1 Å². The van der Waals surface area contributed by atoms with Crippen LogP contribution in [0.2, 0.25) is 0 Å². The van der Waals surface area contributed by atoms with E-state index < -0.39 is 27.7 Å². The largest absolute Gasteiger partial charge is 0.416 e. The van der Waals surface area contributed by atoms with Gasteiger partial charge in [-0.1, -0.05) is 28.1 Å². The number of hydrogen-bond acceptors (Lipinski definition) is 4. The van der Waals surface area contributed by atoms with Crippen LogP contribution in [0, 0.1) is 0 Å². The Hall–Kier alpha value is -2.96. The van der Waals surface area contributed by atoms with Gasteiger partial charge in [-0.25, -0.2) is 8.42 Å². The van der Waals surface area contributed by atoms with E-state index in [1.54, 1.807) is 24.3 Å². The van der Waals surface area contributed by atoms with E-state index in [9.17, 15) is 26.4 Å². The maximum Gasteiger partial charge on any atom is 0.416 e. The molecular formula is C21H15BrF3N3O3S2. The summed E-state index contributed by atoms with van der Waals surface area (Å²) in [5.41, 5.74) is -0.410. The minimum Gasteiger partial charge on any atom is -0.332 e. The smallest absolute Gasteiger partial charge is 0.332 e. The van der Waals surface area contributed by atoms with Gasteiger partial charge in [-0.3, -0.25) is 14.8 Å². The Morgan fingerprint density at radius 2 is 1.58 bits per heavy atom. The molecule has 0 bridgehead atoms. The molecule has 0 saturated heterocycles. The molecule has 6 nitrogen and oxygen atoms in total. The Bertz CT molecular complexity index is 1300. The number of anilines is 2. The summed E-state index contributed by atoms with van der Waals surface area (Å²) in [4.78, 5) is 12.1. The number of alkyl halides is 3. The number of carbonyl (C=O) groups excluding carboxylic acids is 1. The fraction of sp³-hybridized carbons (Fsp3) is 0.0476. The molecule has 0 radical (unpaired) electrons. The van der Waals surface area contributed by atoms with E-state index in [1.165, 1.54) is 30.3 Å². The zero-order chi connectivity index (χ0) is 24.2. The number of amides is 1. The molecule has 0 fully saturated rings. The van der Waals surface area contributed by atoms with Crippen molar-refractivity contribution < 1.29 is 26.4 Å². The lowest BCUT2D eigenvalue weighted by Gasteiger charge is -2.12. The lowest BCUT2D eigenvalue weighted by Crippen LogP contribution is -2.34. The molecule has 0 aromatic heterocycles. The van der Waals surface area contributed by atoms with Gasteiger partial charge in [0.1, 0.15) is 0 Å². The molecule has 0 aliphatic carbocycles. The molecule has 0 aliphatic rings. The number of nitrogens with one attached hydrogen (secondary N) is 3. The second-order valence-corrected chi connectivity index (χ2v) is 9.63. The van der Waals surface area contributed by atoms with Gasteiger partial charge in [-0.05, 0) is 72.9 Å². The molecule has 1 amide bonds. The summed E-state index contributed by atoms with van der Waals surface area (Å²) in [5, 5.41) is 5.26. The van der Waals surface area contributed by atoms with Crippen molar-refractivity contribution in [3.8, 4) is 0 Å². The summed E-state index contributed by atoms with van der Waals surface area (Å²) in [6.45, 7) is 0. The van der Waals surface area contributed by atoms with Crippen molar-refractivity contribution in [2.24, 2.45) is 0 Å². The fourth-order valence-corrected chi connectivity index (χ4v) is 4.32. The summed E-state index contributed by atoms with van der Waals surface area (Å²) < 4.78 is 66.4. The first-order chi connectivity index (χ1) is 15.4. The molecule has 172 valence electrons. The van der Waals surface area contributed by atoms with Gasteiger partial charge in [0, 0.05) is 21.4 Å². The van der Waals surface area contributed by atoms with E-state index in [4.69, 9.17) is 12.2 Å². The molecule has 0 aliphatic heterocycles. The number of benzene rings is 3. The SMILES string of the molecule is O=C(NC(=S)Nc1ccc(S(=O)(=O)Nc2cccc(C(F)(F)F)c2)cc1)c1cccc(Br)c1. The first-order valence-corrected chi connectivity index (χ1v) is 11.8. The van der Waals surface area contributed by atoms with Crippen LogP contribution in [0.4, 0.5) is 24.5 Å². The van der Waals surface area contributed by atoms with Gasteiger partial charge in [0.15, 0.2) is 5.11 Å². The number of carbonyl (C=O) groups is 1. The van der Waals surface area contributed by atoms with Gasteiger partial charge in [0.2, 0.25) is 0 Å². The third kappa shape index (κ3) is 6.76. The van der Waals surface area contributed by atoms with Crippen LogP contribution in [0.15, 0.2) is 82.2 Å². The van der Waals surface area contributed by atoms with E-state index in [1.807, 2.05) is 0 Å². The van der Waals surface area contributed by atoms with Gasteiger partial charge in [-0.15, -0.1) is 0 Å². The molecule has 12 heteroatoms. The van der Waals surface area contributed by atoms with Crippen LogP contribution in [0.5, 0.6) is 0 Å². The zero-order valence-electron chi connectivity index (χ0n) is 16.5. The first-order valence-electron chi connectivity index (χ1n) is 9.12. The van der Waals surface area contributed by atoms with Crippen LogP contribution in [0.25, 0.3) is 0 Å². The highest BCUT2D eigenvalue weighted by atomic mass is 79.9. The van der Waals surface area contributed by atoms with Crippen LogP contribution in [0.3, 0.4) is 0 Å². The number of halogens is 4. The van der Waals surface area contributed by atoms with E-state index in [0.717, 1.165) is 16.6 Å². The molecule has 0 saturated carbocycles. The molecule has 3 aromatic rings. The van der Waals surface area contributed by atoms with Crippen LogP contribution in [-0.4, -0.2) is 19.4 Å². The number of rotatable bonds is 5. The zero-order valence-corrected chi connectivity index (χ0v) is 19.7. The molecular weight excluding hydrogens is 543 g/mol. The van der Waals surface area contributed by atoms with Crippen LogP contribution in [-0.2, 0) is 16.2 Å². The number of sulfonamides is 1. The van der Waals surface area contributed by atoms with Crippen LogP contribution in [0.1, 0.15) is 15.9 Å². The van der Waals surface area contributed by atoms with Crippen molar-refractivity contribution in [2.75, 3.05) is 10.0 Å². The van der Waals surface area contributed by atoms with E-state index in [0.29, 0.717) is 17.3 Å². The fourth-order valence-electron chi connectivity index (χ4n) is 2.66.